The fourth-order valence-corrected chi connectivity index (χ4v) is 2.95. The third kappa shape index (κ3) is 5.10. The van der Waals surface area contributed by atoms with E-state index in [0.29, 0.717) is 28.6 Å². The average Bonchev–Trinajstić information content (AvgIpc) is 2.65. The van der Waals surface area contributed by atoms with Gasteiger partial charge in [-0.15, -0.1) is 0 Å². The Morgan fingerprint density at radius 1 is 1.00 bits per heavy atom. The van der Waals surface area contributed by atoms with Crippen molar-refractivity contribution in [3.8, 4) is 5.75 Å². The van der Waals surface area contributed by atoms with E-state index in [1.165, 1.54) is 5.56 Å². The Balaban J connectivity index is 1.70. The van der Waals surface area contributed by atoms with E-state index in [4.69, 9.17) is 16.3 Å². The van der Waals surface area contributed by atoms with Crippen LogP contribution < -0.4 is 10.1 Å². The van der Waals surface area contributed by atoms with Gasteiger partial charge >= 0.3 is 0 Å². The number of carbonyl (C=O) groups is 1. The van der Waals surface area contributed by atoms with Gasteiger partial charge in [-0.3, -0.25) is 4.79 Å². The molecule has 0 unspecified atom stereocenters. The van der Waals surface area contributed by atoms with Crippen molar-refractivity contribution in [3.05, 3.63) is 93.4 Å². The Morgan fingerprint density at radius 3 is 2.46 bits per heavy atom. The number of rotatable bonds is 6. The topological polar surface area (TPSA) is 38.3 Å². The summed E-state index contributed by atoms with van der Waals surface area (Å²) >= 11 is 9.29. The molecule has 0 saturated heterocycles. The van der Waals surface area contributed by atoms with Crippen LogP contribution in [0.2, 0.25) is 5.02 Å². The zero-order valence-corrected chi connectivity index (χ0v) is 16.3. The SMILES string of the molecule is O=C(Nc1ccc(Cl)cc1)c1cc(Br)ccc1OCCc1ccccc1. The van der Waals surface area contributed by atoms with Crippen molar-refractivity contribution >= 4 is 39.1 Å². The highest BCUT2D eigenvalue weighted by Crippen LogP contribution is 2.25. The first-order chi connectivity index (χ1) is 12.6. The maximum absolute atomic E-state index is 12.7. The zero-order chi connectivity index (χ0) is 18.4. The Bertz CT molecular complexity index is 882. The molecule has 0 atom stereocenters. The number of carbonyl (C=O) groups excluding carboxylic acids is 1. The van der Waals surface area contributed by atoms with Gasteiger partial charge in [0.05, 0.1) is 12.2 Å². The van der Waals surface area contributed by atoms with Gasteiger partial charge in [-0.1, -0.05) is 57.9 Å². The lowest BCUT2D eigenvalue weighted by Crippen LogP contribution is -2.14. The summed E-state index contributed by atoms with van der Waals surface area (Å²) < 4.78 is 6.69. The van der Waals surface area contributed by atoms with Crippen LogP contribution in [0.4, 0.5) is 5.69 Å². The second kappa shape index (κ2) is 8.88. The lowest BCUT2D eigenvalue weighted by atomic mass is 10.1. The van der Waals surface area contributed by atoms with Crippen LogP contribution in [0.15, 0.2) is 77.3 Å². The number of halogens is 2. The van der Waals surface area contributed by atoms with Crippen molar-refractivity contribution in [1.29, 1.82) is 0 Å². The van der Waals surface area contributed by atoms with E-state index >= 15 is 0 Å². The Kier molecular flexibility index (Phi) is 6.31. The van der Waals surface area contributed by atoms with E-state index < -0.39 is 0 Å². The molecule has 0 heterocycles. The average molecular weight is 431 g/mol. The van der Waals surface area contributed by atoms with Crippen LogP contribution >= 0.6 is 27.5 Å². The van der Waals surface area contributed by atoms with Gasteiger partial charge in [0, 0.05) is 21.6 Å². The van der Waals surface area contributed by atoms with Gasteiger partial charge < -0.3 is 10.1 Å². The molecule has 0 aliphatic rings. The fourth-order valence-electron chi connectivity index (χ4n) is 2.46. The number of amides is 1. The molecule has 0 aliphatic heterocycles. The van der Waals surface area contributed by atoms with Crippen molar-refractivity contribution in [1.82, 2.24) is 0 Å². The van der Waals surface area contributed by atoms with E-state index in [-0.39, 0.29) is 5.91 Å². The summed E-state index contributed by atoms with van der Waals surface area (Å²) in [5, 5.41) is 3.48. The molecule has 0 saturated carbocycles. The van der Waals surface area contributed by atoms with E-state index in [2.05, 4.69) is 33.4 Å². The number of nitrogens with one attached hydrogen (secondary N) is 1. The summed E-state index contributed by atoms with van der Waals surface area (Å²) in [6.45, 7) is 0.493. The lowest BCUT2D eigenvalue weighted by Gasteiger charge is -2.12. The molecule has 3 aromatic carbocycles. The van der Waals surface area contributed by atoms with Crippen molar-refractivity contribution in [2.75, 3.05) is 11.9 Å². The normalized spacial score (nSPS) is 10.4. The van der Waals surface area contributed by atoms with Gasteiger partial charge in [0.2, 0.25) is 0 Å². The summed E-state index contributed by atoms with van der Waals surface area (Å²) in [5.74, 6) is 0.318. The first kappa shape index (κ1) is 18.5. The van der Waals surface area contributed by atoms with Gasteiger partial charge in [0.1, 0.15) is 5.75 Å². The van der Waals surface area contributed by atoms with Crippen molar-refractivity contribution in [2.24, 2.45) is 0 Å². The highest BCUT2D eigenvalue weighted by Gasteiger charge is 2.14. The van der Waals surface area contributed by atoms with Crippen LogP contribution in [0.25, 0.3) is 0 Å². The molecule has 3 aromatic rings. The maximum Gasteiger partial charge on any atom is 0.259 e. The lowest BCUT2D eigenvalue weighted by molar-refractivity contribution is 0.102. The molecule has 1 N–H and O–H groups in total. The molecular formula is C21H17BrClNO2. The Morgan fingerprint density at radius 2 is 1.73 bits per heavy atom. The molecule has 26 heavy (non-hydrogen) atoms. The van der Waals surface area contributed by atoms with Gasteiger partial charge in [-0.05, 0) is 48.0 Å². The highest BCUT2D eigenvalue weighted by atomic mass is 79.9. The molecule has 5 heteroatoms. The summed E-state index contributed by atoms with van der Waals surface area (Å²) in [5.41, 5.74) is 2.34. The minimum absolute atomic E-state index is 0.233. The number of anilines is 1. The number of ether oxygens (including phenoxy) is 1. The number of hydrogen-bond donors (Lipinski definition) is 1. The monoisotopic (exact) mass is 429 g/mol. The fraction of sp³-hybridized carbons (Fsp3) is 0.0952. The minimum atomic E-state index is -0.233. The first-order valence-corrected chi connectivity index (χ1v) is 9.32. The molecule has 1 amide bonds. The number of hydrogen-bond acceptors (Lipinski definition) is 2. The maximum atomic E-state index is 12.7. The third-order valence-corrected chi connectivity index (χ3v) is 4.52. The van der Waals surface area contributed by atoms with E-state index in [1.807, 2.05) is 24.3 Å². The standard InChI is InChI=1S/C21H17BrClNO2/c22-16-6-11-20(26-13-12-15-4-2-1-3-5-15)19(14-16)21(25)24-18-9-7-17(23)8-10-18/h1-11,14H,12-13H2,(H,24,25). The predicted molar refractivity (Wildman–Crippen MR) is 109 cm³/mol. The van der Waals surface area contributed by atoms with Crippen LogP contribution in [0, 0.1) is 0 Å². The zero-order valence-electron chi connectivity index (χ0n) is 13.9. The first-order valence-electron chi connectivity index (χ1n) is 8.15. The molecule has 0 bridgehead atoms. The van der Waals surface area contributed by atoms with Crippen LogP contribution in [-0.4, -0.2) is 12.5 Å². The smallest absolute Gasteiger partial charge is 0.259 e. The van der Waals surface area contributed by atoms with Crippen LogP contribution in [0.5, 0.6) is 5.75 Å². The minimum Gasteiger partial charge on any atom is -0.492 e. The molecule has 0 fully saturated rings. The second-order valence-electron chi connectivity index (χ2n) is 5.69. The van der Waals surface area contributed by atoms with E-state index in [0.717, 1.165) is 10.9 Å². The molecule has 0 aromatic heterocycles. The quantitative estimate of drug-likeness (QED) is 0.523. The predicted octanol–water partition coefficient (Wildman–Crippen LogP) is 5.98. The van der Waals surface area contributed by atoms with Crippen LogP contribution in [0.1, 0.15) is 15.9 Å². The molecule has 3 rings (SSSR count). The van der Waals surface area contributed by atoms with E-state index in [9.17, 15) is 4.79 Å². The van der Waals surface area contributed by atoms with Crippen molar-refractivity contribution < 1.29 is 9.53 Å². The van der Waals surface area contributed by atoms with E-state index in [1.54, 1.807) is 36.4 Å². The Hall–Kier alpha value is -2.30. The number of benzene rings is 3. The van der Waals surface area contributed by atoms with Gasteiger partial charge in [-0.25, -0.2) is 0 Å². The summed E-state index contributed by atoms with van der Waals surface area (Å²) in [4.78, 5) is 12.7. The van der Waals surface area contributed by atoms with Crippen molar-refractivity contribution in [3.63, 3.8) is 0 Å². The highest BCUT2D eigenvalue weighted by molar-refractivity contribution is 9.10. The molecule has 0 radical (unpaired) electrons. The molecule has 0 aliphatic carbocycles. The van der Waals surface area contributed by atoms with Gasteiger partial charge in [0.25, 0.3) is 5.91 Å². The third-order valence-electron chi connectivity index (χ3n) is 3.78. The largest absolute Gasteiger partial charge is 0.492 e. The van der Waals surface area contributed by atoms with Crippen LogP contribution in [0.3, 0.4) is 0 Å². The summed E-state index contributed by atoms with van der Waals surface area (Å²) in [6, 6.07) is 22.5. The van der Waals surface area contributed by atoms with Crippen molar-refractivity contribution in [2.45, 2.75) is 6.42 Å². The second-order valence-corrected chi connectivity index (χ2v) is 7.04. The van der Waals surface area contributed by atoms with Gasteiger partial charge in [0.15, 0.2) is 0 Å². The molecule has 3 nitrogen and oxygen atoms in total. The molecule has 132 valence electrons. The molecular weight excluding hydrogens is 414 g/mol. The van der Waals surface area contributed by atoms with Crippen LogP contribution in [-0.2, 0) is 6.42 Å². The summed E-state index contributed by atoms with van der Waals surface area (Å²) in [7, 11) is 0. The van der Waals surface area contributed by atoms with Gasteiger partial charge in [-0.2, -0.15) is 0 Å². The Labute approximate surface area is 166 Å². The summed E-state index contributed by atoms with van der Waals surface area (Å²) in [6.07, 6.45) is 0.773. The molecule has 0 spiro atoms.